The quantitative estimate of drug-likeness (QED) is 0.842. The lowest BCUT2D eigenvalue weighted by atomic mass is 10.1. The number of aryl methyl sites for hydroxylation is 2. The first kappa shape index (κ1) is 10.3. The predicted molar refractivity (Wildman–Crippen MR) is 62.9 cm³/mol. The van der Waals surface area contributed by atoms with Gasteiger partial charge in [-0.15, -0.1) is 11.3 Å². The number of aliphatic hydroxyl groups excluding tert-OH is 1. The van der Waals surface area contributed by atoms with Crippen molar-refractivity contribution in [2.75, 3.05) is 0 Å². The predicted octanol–water partition coefficient (Wildman–Crippen LogP) is 2.92. The van der Waals surface area contributed by atoms with Gasteiger partial charge in [-0.2, -0.15) is 0 Å². The van der Waals surface area contributed by atoms with E-state index in [9.17, 15) is 0 Å². The fourth-order valence-corrected chi connectivity index (χ4v) is 2.19. The molecule has 15 heavy (non-hydrogen) atoms. The molecule has 0 amide bonds. The van der Waals surface area contributed by atoms with Gasteiger partial charge >= 0.3 is 0 Å². The van der Waals surface area contributed by atoms with Crippen LogP contribution in [0.25, 0.3) is 10.6 Å². The van der Waals surface area contributed by atoms with Crippen LogP contribution in [0.2, 0.25) is 0 Å². The molecule has 0 aliphatic heterocycles. The summed E-state index contributed by atoms with van der Waals surface area (Å²) in [7, 11) is 0. The molecule has 1 aromatic heterocycles. The zero-order valence-electron chi connectivity index (χ0n) is 8.82. The Morgan fingerprint density at radius 1 is 1.27 bits per heavy atom. The first-order valence-electron chi connectivity index (χ1n) is 4.83. The molecule has 0 radical (unpaired) electrons. The van der Waals surface area contributed by atoms with Gasteiger partial charge in [0, 0.05) is 10.9 Å². The third-order valence-corrected chi connectivity index (χ3v) is 3.41. The van der Waals surface area contributed by atoms with Crippen LogP contribution in [-0.2, 0) is 6.61 Å². The molecule has 0 bridgehead atoms. The Kier molecular flexibility index (Phi) is 2.84. The summed E-state index contributed by atoms with van der Waals surface area (Å²) < 4.78 is 0. The molecule has 0 aliphatic carbocycles. The summed E-state index contributed by atoms with van der Waals surface area (Å²) >= 11 is 1.57. The Bertz CT molecular complexity index is 476. The first-order chi connectivity index (χ1) is 7.20. The number of hydrogen-bond acceptors (Lipinski definition) is 3. The summed E-state index contributed by atoms with van der Waals surface area (Å²) in [4.78, 5) is 4.34. The molecule has 2 aromatic rings. The van der Waals surface area contributed by atoms with E-state index >= 15 is 0 Å². The van der Waals surface area contributed by atoms with E-state index < -0.39 is 0 Å². The molecular weight excluding hydrogens is 206 g/mol. The molecule has 0 saturated heterocycles. The molecule has 1 aromatic carbocycles. The fourth-order valence-electron chi connectivity index (χ4n) is 1.39. The average Bonchev–Trinajstić information content (AvgIpc) is 2.70. The molecule has 0 aliphatic rings. The van der Waals surface area contributed by atoms with Crippen molar-refractivity contribution in [2.45, 2.75) is 20.5 Å². The van der Waals surface area contributed by atoms with Crippen molar-refractivity contribution in [3.8, 4) is 10.6 Å². The third kappa shape index (κ3) is 2.08. The van der Waals surface area contributed by atoms with Crippen molar-refractivity contribution in [1.29, 1.82) is 0 Å². The van der Waals surface area contributed by atoms with Crippen molar-refractivity contribution >= 4 is 11.3 Å². The molecule has 1 N–H and O–H groups in total. The Morgan fingerprint density at radius 2 is 2.07 bits per heavy atom. The van der Waals surface area contributed by atoms with Crippen LogP contribution >= 0.6 is 11.3 Å². The zero-order chi connectivity index (χ0) is 10.8. The van der Waals surface area contributed by atoms with Crippen LogP contribution in [0.5, 0.6) is 0 Å². The lowest BCUT2D eigenvalue weighted by molar-refractivity contribution is 0.278. The van der Waals surface area contributed by atoms with Crippen molar-refractivity contribution in [3.63, 3.8) is 0 Å². The highest BCUT2D eigenvalue weighted by Crippen LogP contribution is 2.25. The second kappa shape index (κ2) is 4.13. The Labute approximate surface area is 93.2 Å². The third-order valence-electron chi connectivity index (χ3n) is 2.47. The number of aromatic nitrogens is 1. The lowest BCUT2D eigenvalue weighted by Gasteiger charge is -2.01. The van der Waals surface area contributed by atoms with Crippen LogP contribution in [0.3, 0.4) is 0 Å². The van der Waals surface area contributed by atoms with E-state index in [4.69, 9.17) is 5.11 Å². The first-order valence-corrected chi connectivity index (χ1v) is 5.71. The number of hydrogen-bond donors (Lipinski definition) is 1. The van der Waals surface area contributed by atoms with Crippen LogP contribution in [0.4, 0.5) is 0 Å². The highest BCUT2D eigenvalue weighted by molar-refractivity contribution is 7.13. The van der Waals surface area contributed by atoms with E-state index in [-0.39, 0.29) is 6.61 Å². The monoisotopic (exact) mass is 219 g/mol. The highest BCUT2D eigenvalue weighted by atomic mass is 32.1. The molecule has 0 saturated carbocycles. The minimum atomic E-state index is 0.0152. The van der Waals surface area contributed by atoms with Crippen molar-refractivity contribution in [3.05, 3.63) is 40.4 Å². The summed E-state index contributed by atoms with van der Waals surface area (Å²) in [6.07, 6.45) is 0. The van der Waals surface area contributed by atoms with Gasteiger partial charge in [-0.3, -0.25) is 0 Å². The molecule has 78 valence electrons. The summed E-state index contributed by atoms with van der Waals surface area (Å²) in [5.74, 6) is 0. The van der Waals surface area contributed by atoms with Gasteiger partial charge in [0.25, 0.3) is 0 Å². The Morgan fingerprint density at radius 3 is 2.67 bits per heavy atom. The maximum absolute atomic E-state index is 8.94. The van der Waals surface area contributed by atoms with Crippen molar-refractivity contribution in [2.24, 2.45) is 0 Å². The molecule has 2 rings (SSSR count). The number of thiazole rings is 1. The van der Waals surface area contributed by atoms with E-state index in [2.05, 4.69) is 37.0 Å². The summed E-state index contributed by atoms with van der Waals surface area (Å²) in [6.45, 7) is 4.21. The van der Waals surface area contributed by atoms with Gasteiger partial charge in [0.05, 0.1) is 12.3 Å². The van der Waals surface area contributed by atoms with E-state index in [1.807, 2.05) is 5.38 Å². The van der Waals surface area contributed by atoms with Gasteiger partial charge in [0.15, 0.2) is 0 Å². The van der Waals surface area contributed by atoms with Gasteiger partial charge < -0.3 is 5.11 Å². The van der Waals surface area contributed by atoms with Crippen molar-refractivity contribution < 1.29 is 5.11 Å². The maximum atomic E-state index is 8.94. The van der Waals surface area contributed by atoms with Crippen LogP contribution in [0, 0.1) is 13.8 Å². The number of aliphatic hydroxyl groups is 1. The summed E-state index contributed by atoms with van der Waals surface area (Å²) in [5.41, 5.74) is 4.43. The van der Waals surface area contributed by atoms with Gasteiger partial charge in [0.2, 0.25) is 0 Å². The maximum Gasteiger partial charge on any atom is 0.123 e. The van der Waals surface area contributed by atoms with Gasteiger partial charge in [0.1, 0.15) is 5.01 Å². The SMILES string of the molecule is Cc1ccc(-c2nc(CO)cs2)cc1C. The van der Waals surface area contributed by atoms with Gasteiger partial charge in [-0.25, -0.2) is 4.98 Å². The highest BCUT2D eigenvalue weighted by Gasteiger charge is 2.04. The standard InChI is InChI=1S/C12H13NOS/c1-8-3-4-10(5-9(8)2)12-13-11(6-14)7-15-12/h3-5,7,14H,6H2,1-2H3. The van der Waals surface area contributed by atoms with E-state index in [1.54, 1.807) is 11.3 Å². The van der Waals surface area contributed by atoms with Gasteiger partial charge in [-0.05, 0) is 31.0 Å². The number of rotatable bonds is 2. The molecule has 0 unspecified atom stereocenters. The normalized spacial score (nSPS) is 10.6. The minimum Gasteiger partial charge on any atom is -0.390 e. The van der Waals surface area contributed by atoms with Crippen LogP contribution < -0.4 is 0 Å². The zero-order valence-corrected chi connectivity index (χ0v) is 9.64. The summed E-state index contributed by atoms with van der Waals surface area (Å²) in [6, 6.07) is 6.31. The van der Waals surface area contributed by atoms with Crippen LogP contribution in [-0.4, -0.2) is 10.1 Å². The molecule has 0 atom stereocenters. The van der Waals surface area contributed by atoms with E-state index in [1.165, 1.54) is 11.1 Å². The number of benzene rings is 1. The van der Waals surface area contributed by atoms with Crippen LogP contribution in [0.15, 0.2) is 23.6 Å². The molecule has 1 heterocycles. The fraction of sp³-hybridized carbons (Fsp3) is 0.250. The van der Waals surface area contributed by atoms with Gasteiger partial charge in [-0.1, -0.05) is 12.1 Å². The average molecular weight is 219 g/mol. The molecule has 0 spiro atoms. The molecule has 2 nitrogen and oxygen atoms in total. The van der Waals surface area contributed by atoms with E-state index in [0.29, 0.717) is 0 Å². The largest absolute Gasteiger partial charge is 0.390 e. The smallest absolute Gasteiger partial charge is 0.123 e. The van der Waals surface area contributed by atoms with Crippen LogP contribution in [0.1, 0.15) is 16.8 Å². The van der Waals surface area contributed by atoms with Crippen molar-refractivity contribution in [1.82, 2.24) is 4.98 Å². The second-order valence-electron chi connectivity index (χ2n) is 3.60. The van der Waals surface area contributed by atoms with E-state index in [0.717, 1.165) is 16.3 Å². The Balaban J connectivity index is 2.40. The molecule has 3 heteroatoms. The minimum absolute atomic E-state index is 0.0152. The summed E-state index contributed by atoms with van der Waals surface area (Å²) in [5, 5.41) is 11.8. The topological polar surface area (TPSA) is 33.1 Å². The molecule has 0 fully saturated rings. The second-order valence-corrected chi connectivity index (χ2v) is 4.46. The molecular formula is C12H13NOS. The Hall–Kier alpha value is -1.19. The lowest BCUT2D eigenvalue weighted by Crippen LogP contribution is -1.85. The number of nitrogens with zero attached hydrogens (tertiary/aromatic N) is 1.